The Morgan fingerprint density at radius 3 is 1.88 bits per heavy atom. The molecule has 8 heavy (non-hydrogen) atoms. The summed E-state index contributed by atoms with van der Waals surface area (Å²) in [5, 5.41) is 0. The van der Waals surface area contributed by atoms with Crippen LogP contribution in [0.5, 0.6) is 0 Å². The molecule has 0 saturated carbocycles. The smallest absolute Gasteiger partial charge is 0.126 e. The van der Waals surface area contributed by atoms with Crippen LogP contribution in [0.2, 0.25) is 0 Å². The van der Waals surface area contributed by atoms with E-state index in [0.29, 0.717) is 12.3 Å². The van der Waals surface area contributed by atoms with Crippen molar-refractivity contribution in [3.63, 3.8) is 0 Å². The maximum atomic E-state index is 5.35. The molecule has 0 heterocycles. The topological polar surface area (TPSA) is 0 Å². The molecule has 0 aromatic heterocycles. The van der Waals surface area contributed by atoms with Crippen molar-refractivity contribution in [2.75, 3.05) is 5.88 Å². The molecule has 4 heteroatoms. The van der Waals surface area contributed by atoms with Crippen LogP contribution in [0.1, 0.15) is 6.42 Å². The van der Waals surface area contributed by atoms with Gasteiger partial charge in [-0.25, -0.2) is 0 Å². The molecule has 49 valence electrons. The fraction of sp³-hybridized carbons (Fsp3) is 0.750. The summed E-state index contributed by atoms with van der Waals surface area (Å²) in [5.74, 6) is 0.425. The highest BCUT2D eigenvalue weighted by molar-refractivity contribution is 6.67. The second-order valence-corrected chi connectivity index (χ2v) is 4.09. The van der Waals surface area contributed by atoms with Gasteiger partial charge in [-0.15, -0.1) is 11.6 Å². The van der Waals surface area contributed by atoms with Gasteiger partial charge in [0.05, 0.1) is 0 Å². The number of rotatable bonds is 2. The van der Waals surface area contributed by atoms with E-state index in [-0.39, 0.29) is 0 Å². The third-order valence-electron chi connectivity index (χ3n) is 0.485. The standard InChI is InChI=1S/C4H5Cl4/c5-3-1-2-4(6,7)8/h1H,2-3H2. The highest BCUT2D eigenvalue weighted by Crippen LogP contribution is 2.30. The Labute approximate surface area is 69.0 Å². The zero-order valence-corrected chi connectivity index (χ0v) is 7.03. The molecular formula is C4H5Cl4. The van der Waals surface area contributed by atoms with Crippen LogP contribution in [-0.2, 0) is 0 Å². The summed E-state index contributed by atoms with van der Waals surface area (Å²) in [6, 6.07) is 0. The van der Waals surface area contributed by atoms with Crippen LogP contribution in [0.3, 0.4) is 0 Å². The van der Waals surface area contributed by atoms with Crippen molar-refractivity contribution in [2.24, 2.45) is 0 Å². The first-order chi connectivity index (χ1) is 3.56. The monoisotopic (exact) mass is 193 g/mol. The number of hydrogen-bond donors (Lipinski definition) is 0. The van der Waals surface area contributed by atoms with Gasteiger partial charge in [0.2, 0.25) is 0 Å². The SMILES string of the molecule is ClC[CH]CC(Cl)(Cl)Cl. The first kappa shape index (κ1) is 9.16. The zero-order chi connectivity index (χ0) is 6.62. The summed E-state index contributed by atoms with van der Waals surface area (Å²) in [4.78, 5) is 0. The molecule has 0 fully saturated rings. The molecule has 0 amide bonds. The quantitative estimate of drug-likeness (QED) is 0.593. The maximum Gasteiger partial charge on any atom is 0.190 e. The molecule has 0 aromatic rings. The van der Waals surface area contributed by atoms with Crippen LogP contribution in [0.15, 0.2) is 0 Å². The molecule has 0 aliphatic heterocycles. The first-order valence-corrected chi connectivity index (χ1v) is 3.67. The van der Waals surface area contributed by atoms with E-state index in [4.69, 9.17) is 46.4 Å². The van der Waals surface area contributed by atoms with Gasteiger partial charge >= 0.3 is 0 Å². The maximum absolute atomic E-state index is 5.35. The third-order valence-corrected chi connectivity index (χ3v) is 1.17. The van der Waals surface area contributed by atoms with Crippen molar-refractivity contribution in [2.45, 2.75) is 10.2 Å². The van der Waals surface area contributed by atoms with Gasteiger partial charge < -0.3 is 0 Å². The lowest BCUT2D eigenvalue weighted by Crippen LogP contribution is -2.01. The fourth-order valence-corrected chi connectivity index (χ4v) is 0.655. The van der Waals surface area contributed by atoms with E-state index in [0.717, 1.165) is 0 Å². The number of halogens is 4. The minimum Gasteiger partial charge on any atom is -0.126 e. The molecule has 0 spiro atoms. The predicted molar refractivity (Wildman–Crippen MR) is 39.9 cm³/mol. The molecule has 0 rings (SSSR count). The van der Waals surface area contributed by atoms with Crippen molar-refractivity contribution >= 4 is 46.4 Å². The molecule has 0 aliphatic rings. The largest absolute Gasteiger partial charge is 0.190 e. The fourth-order valence-electron chi connectivity index (χ4n) is 0.218. The Bertz CT molecular complexity index is 55.5. The van der Waals surface area contributed by atoms with Gasteiger partial charge in [0.1, 0.15) is 0 Å². The molecule has 0 saturated heterocycles. The van der Waals surface area contributed by atoms with Gasteiger partial charge in [0.15, 0.2) is 3.79 Å². The van der Waals surface area contributed by atoms with Gasteiger partial charge in [-0.1, -0.05) is 34.8 Å². The first-order valence-electron chi connectivity index (χ1n) is 2.00. The van der Waals surface area contributed by atoms with Gasteiger partial charge in [-0.2, -0.15) is 0 Å². The van der Waals surface area contributed by atoms with E-state index < -0.39 is 3.79 Å². The average molecular weight is 195 g/mol. The molecular weight excluding hydrogens is 190 g/mol. The summed E-state index contributed by atoms with van der Waals surface area (Å²) in [6.07, 6.45) is 2.11. The van der Waals surface area contributed by atoms with Crippen LogP contribution in [0.4, 0.5) is 0 Å². The van der Waals surface area contributed by atoms with E-state index in [9.17, 15) is 0 Å². The molecule has 0 bridgehead atoms. The van der Waals surface area contributed by atoms with Gasteiger partial charge in [-0.3, -0.25) is 0 Å². The Morgan fingerprint density at radius 1 is 1.25 bits per heavy atom. The van der Waals surface area contributed by atoms with E-state index >= 15 is 0 Å². The van der Waals surface area contributed by atoms with E-state index in [1.807, 2.05) is 0 Å². The van der Waals surface area contributed by atoms with Crippen LogP contribution in [0.25, 0.3) is 0 Å². The second-order valence-electron chi connectivity index (χ2n) is 1.26. The Balaban J connectivity index is 3.11. The van der Waals surface area contributed by atoms with Gasteiger partial charge in [-0.05, 0) is 12.8 Å². The molecule has 0 aromatic carbocycles. The van der Waals surface area contributed by atoms with Gasteiger partial charge in [0, 0.05) is 5.88 Å². The Morgan fingerprint density at radius 2 is 1.75 bits per heavy atom. The lowest BCUT2D eigenvalue weighted by molar-refractivity contribution is 0.992. The molecule has 0 nitrogen and oxygen atoms in total. The Kier molecular flexibility index (Phi) is 4.64. The highest BCUT2D eigenvalue weighted by Gasteiger charge is 2.17. The van der Waals surface area contributed by atoms with Crippen LogP contribution < -0.4 is 0 Å². The molecule has 0 N–H and O–H groups in total. The van der Waals surface area contributed by atoms with E-state index in [2.05, 4.69) is 0 Å². The normalized spacial score (nSPS) is 12.0. The lowest BCUT2D eigenvalue weighted by Gasteiger charge is -2.06. The highest BCUT2D eigenvalue weighted by atomic mass is 35.6. The summed E-state index contributed by atoms with van der Waals surface area (Å²) >= 11 is 21.3. The molecule has 0 aliphatic carbocycles. The van der Waals surface area contributed by atoms with Crippen LogP contribution in [-0.4, -0.2) is 9.67 Å². The third kappa shape index (κ3) is 7.16. The van der Waals surface area contributed by atoms with Gasteiger partial charge in [0.25, 0.3) is 0 Å². The van der Waals surface area contributed by atoms with Crippen LogP contribution in [0, 0.1) is 6.42 Å². The summed E-state index contributed by atoms with van der Waals surface area (Å²) in [6.45, 7) is 0. The second kappa shape index (κ2) is 4.05. The lowest BCUT2D eigenvalue weighted by atomic mass is 10.4. The van der Waals surface area contributed by atoms with Crippen molar-refractivity contribution in [1.29, 1.82) is 0 Å². The van der Waals surface area contributed by atoms with Crippen molar-refractivity contribution in [3.8, 4) is 0 Å². The summed E-state index contributed by atoms with van der Waals surface area (Å²) in [7, 11) is 0. The minimum absolute atomic E-state index is 0.404. The van der Waals surface area contributed by atoms with Crippen LogP contribution >= 0.6 is 46.4 Å². The predicted octanol–water partition coefficient (Wildman–Crippen LogP) is 3.19. The number of hydrogen-bond acceptors (Lipinski definition) is 0. The van der Waals surface area contributed by atoms with Crippen molar-refractivity contribution < 1.29 is 0 Å². The van der Waals surface area contributed by atoms with E-state index in [1.54, 1.807) is 6.42 Å². The summed E-state index contributed by atoms with van der Waals surface area (Å²) in [5.41, 5.74) is 0. The molecule has 0 unspecified atom stereocenters. The summed E-state index contributed by atoms with van der Waals surface area (Å²) < 4.78 is -1.17. The number of alkyl halides is 4. The van der Waals surface area contributed by atoms with Crippen molar-refractivity contribution in [1.82, 2.24) is 0 Å². The van der Waals surface area contributed by atoms with Crippen molar-refractivity contribution in [3.05, 3.63) is 6.42 Å². The Hall–Kier alpha value is 1.16. The average Bonchev–Trinajstić information content (AvgIpc) is 1.59. The minimum atomic E-state index is -1.17. The molecule has 0 atom stereocenters. The molecule has 1 radical (unpaired) electrons. The zero-order valence-electron chi connectivity index (χ0n) is 4.00. The van der Waals surface area contributed by atoms with E-state index in [1.165, 1.54) is 0 Å².